The van der Waals surface area contributed by atoms with Gasteiger partial charge in [-0.25, -0.2) is 4.79 Å². The largest absolute Gasteiger partial charge is 0.351 e. The molecular weight excluding hydrogens is 168 g/mol. The predicted octanol–water partition coefficient (Wildman–Crippen LogP) is 0.724. The minimum atomic E-state index is -0.737. The maximum absolute atomic E-state index is 10.7. The third kappa shape index (κ3) is 2.59. The second kappa shape index (κ2) is 4.25. The zero-order valence-electron chi connectivity index (χ0n) is 7.01. The van der Waals surface area contributed by atoms with Gasteiger partial charge in [-0.15, -0.1) is 0 Å². The first kappa shape index (κ1) is 9.25. The summed E-state index contributed by atoms with van der Waals surface area (Å²) in [6, 6.07) is 8.43. The van der Waals surface area contributed by atoms with Gasteiger partial charge in [0, 0.05) is 0 Å². The Morgan fingerprint density at radius 1 is 1.38 bits per heavy atom. The fraction of sp³-hybridized carbons (Fsp3) is 0.111. The van der Waals surface area contributed by atoms with Crippen molar-refractivity contribution in [3.05, 3.63) is 35.9 Å². The summed E-state index contributed by atoms with van der Waals surface area (Å²) < 4.78 is 0. The van der Waals surface area contributed by atoms with Gasteiger partial charge in [-0.1, -0.05) is 30.3 Å². The third-order valence-electron chi connectivity index (χ3n) is 1.61. The Hall–Kier alpha value is -1.84. The van der Waals surface area contributed by atoms with Crippen molar-refractivity contribution in [3.63, 3.8) is 0 Å². The number of primary amides is 1. The molecular formula is C9H10N2O2. The summed E-state index contributed by atoms with van der Waals surface area (Å²) in [5.41, 5.74) is 5.82. The van der Waals surface area contributed by atoms with Gasteiger partial charge < -0.3 is 5.73 Å². The van der Waals surface area contributed by atoms with Gasteiger partial charge in [-0.05, 0) is 5.56 Å². The van der Waals surface area contributed by atoms with Crippen LogP contribution in [0.1, 0.15) is 5.56 Å². The van der Waals surface area contributed by atoms with E-state index in [9.17, 15) is 9.59 Å². The number of carbonyl (C=O) groups is 2. The molecule has 0 unspecified atom stereocenters. The van der Waals surface area contributed by atoms with Crippen molar-refractivity contribution in [1.29, 1.82) is 0 Å². The normalized spacial score (nSPS) is 9.23. The van der Waals surface area contributed by atoms with Crippen LogP contribution in [0.2, 0.25) is 0 Å². The fourth-order valence-electron chi connectivity index (χ4n) is 0.947. The highest BCUT2D eigenvalue weighted by Gasteiger charge is 2.07. The lowest BCUT2D eigenvalue weighted by Gasteiger charge is -2.11. The number of hydrogen-bond donors (Lipinski definition) is 1. The Morgan fingerprint density at radius 2 is 2.00 bits per heavy atom. The Bertz CT molecular complexity index is 298. The molecule has 0 aliphatic rings. The van der Waals surface area contributed by atoms with Crippen molar-refractivity contribution in [2.45, 2.75) is 6.54 Å². The SMILES string of the molecule is NC(=O)N(C=O)Cc1ccccc1. The highest BCUT2D eigenvalue weighted by Crippen LogP contribution is 2.01. The molecule has 3 amide bonds. The molecule has 0 atom stereocenters. The van der Waals surface area contributed by atoms with E-state index in [-0.39, 0.29) is 6.54 Å². The number of imide groups is 1. The average molecular weight is 178 g/mol. The van der Waals surface area contributed by atoms with Gasteiger partial charge in [0.15, 0.2) is 0 Å². The van der Waals surface area contributed by atoms with Crippen LogP contribution in [0.4, 0.5) is 4.79 Å². The van der Waals surface area contributed by atoms with Gasteiger partial charge >= 0.3 is 6.03 Å². The maximum Gasteiger partial charge on any atom is 0.321 e. The first-order valence-electron chi connectivity index (χ1n) is 3.79. The van der Waals surface area contributed by atoms with Gasteiger partial charge in [0.05, 0.1) is 6.54 Å². The van der Waals surface area contributed by atoms with Crippen LogP contribution in [0.3, 0.4) is 0 Å². The summed E-state index contributed by atoms with van der Waals surface area (Å²) in [5.74, 6) is 0. The highest BCUT2D eigenvalue weighted by molar-refractivity contribution is 5.83. The lowest BCUT2D eigenvalue weighted by Crippen LogP contribution is -2.33. The molecule has 1 rings (SSSR count). The van der Waals surface area contributed by atoms with Gasteiger partial charge in [0.25, 0.3) is 0 Å². The molecule has 1 aromatic rings. The lowest BCUT2D eigenvalue weighted by molar-refractivity contribution is -0.115. The van der Waals surface area contributed by atoms with Crippen LogP contribution in [-0.2, 0) is 11.3 Å². The van der Waals surface area contributed by atoms with Gasteiger partial charge in [0.2, 0.25) is 6.41 Å². The number of nitrogens with two attached hydrogens (primary N) is 1. The molecule has 0 saturated heterocycles. The van der Waals surface area contributed by atoms with Crippen molar-refractivity contribution < 1.29 is 9.59 Å². The molecule has 0 aliphatic heterocycles. The van der Waals surface area contributed by atoms with Gasteiger partial charge in [-0.3, -0.25) is 9.69 Å². The molecule has 4 heteroatoms. The Balaban J connectivity index is 2.67. The van der Waals surface area contributed by atoms with Crippen LogP contribution in [0.25, 0.3) is 0 Å². The summed E-state index contributed by atoms with van der Waals surface area (Å²) in [6.45, 7) is 0.222. The number of amides is 3. The third-order valence-corrected chi connectivity index (χ3v) is 1.61. The topological polar surface area (TPSA) is 63.4 Å². The quantitative estimate of drug-likeness (QED) is 0.693. The molecule has 1 aromatic carbocycles. The molecule has 0 bridgehead atoms. The van der Waals surface area contributed by atoms with E-state index in [1.165, 1.54) is 0 Å². The molecule has 2 N–H and O–H groups in total. The molecule has 0 spiro atoms. The first-order valence-corrected chi connectivity index (χ1v) is 3.79. The zero-order chi connectivity index (χ0) is 9.68. The lowest BCUT2D eigenvalue weighted by atomic mass is 10.2. The zero-order valence-corrected chi connectivity index (χ0v) is 7.01. The van der Waals surface area contributed by atoms with Gasteiger partial charge in [0.1, 0.15) is 0 Å². The van der Waals surface area contributed by atoms with Crippen molar-refractivity contribution in [2.24, 2.45) is 5.73 Å². The van der Waals surface area contributed by atoms with Crippen LogP contribution in [-0.4, -0.2) is 17.3 Å². The van der Waals surface area contributed by atoms with E-state index in [1.54, 1.807) is 0 Å². The van der Waals surface area contributed by atoms with Crippen LogP contribution in [0, 0.1) is 0 Å². The fourth-order valence-corrected chi connectivity index (χ4v) is 0.947. The van der Waals surface area contributed by atoms with Crippen molar-refractivity contribution >= 4 is 12.4 Å². The van der Waals surface area contributed by atoms with E-state index in [4.69, 9.17) is 5.73 Å². The molecule has 0 radical (unpaired) electrons. The molecule has 0 aliphatic carbocycles. The summed E-state index contributed by atoms with van der Waals surface area (Å²) in [6.07, 6.45) is 0.426. The minimum Gasteiger partial charge on any atom is -0.351 e. The Morgan fingerprint density at radius 3 is 2.46 bits per heavy atom. The van der Waals surface area contributed by atoms with E-state index in [1.807, 2.05) is 30.3 Å². The molecule has 0 aromatic heterocycles. The molecule has 13 heavy (non-hydrogen) atoms. The molecule has 0 saturated carbocycles. The summed E-state index contributed by atoms with van der Waals surface area (Å²) in [7, 11) is 0. The molecule has 4 nitrogen and oxygen atoms in total. The van der Waals surface area contributed by atoms with E-state index >= 15 is 0 Å². The van der Waals surface area contributed by atoms with Gasteiger partial charge in [-0.2, -0.15) is 0 Å². The summed E-state index contributed by atoms with van der Waals surface area (Å²) in [5, 5.41) is 0. The van der Waals surface area contributed by atoms with E-state index < -0.39 is 6.03 Å². The standard InChI is InChI=1S/C9H10N2O2/c10-9(13)11(7-12)6-8-4-2-1-3-5-8/h1-5,7H,6H2,(H2,10,13). The van der Waals surface area contributed by atoms with Crippen LogP contribution in [0.5, 0.6) is 0 Å². The maximum atomic E-state index is 10.7. The minimum absolute atomic E-state index is 0.222. The Kier molecular flexibility index (Phi) is 3.03. The van der Waals surface area contributed by atoms with Crippen molar-refractivity contribution in [1.82, 2.24) is 4.90 Å². The van der Waals surface area contributed by atoms with Crippen LogP contribution >= 0.6 is 0 Å². The van der Waals surface area contributed by atoms with E-state index in [0.717, 1.165) is 10.5 Å². The number of nitrogens with zero attached hydrogens (tertiary/aromatic N) is 1. The highest BCUT2D eigenvalue weighted by atomic mass is 16.2. The summed E-state index contributed by atoms with van der Waals surface area (Å²) >= 11 is 0. The number of urea groups is 1. The summed E-state index contributed by atoms with van der Waals surface area (Å²) in [4.78, 5) is 21.9. The van der Waals surface area contributed by atoms with Crippen LogP contribution < -0.4 is 5.73 Å². The number of hydrogen-bond acceptors (Lipinski definition) is 2. The first-order chi connectivity index (χ1) is 6.24. The number of benzene rings is 1. The second-order valence-corrected chi connectivity index (χ2v) is 2.56. The van der Waals surface area contributed by atoms with Crippen molar-refractivity contribution in [3.8, 4) is 0 Å². The predicted molar refractivity (Wildman–Crippen MR) is 47.6 cm³/mol. The van der Waals surface area contributed by atoms with Crippen LogP contribution in [0.15, 0.2) is 30.3 Å². The number of carbonyl (C=O) groups excluding carboxylic acids is 2. The smallest absolute Gasteiger partial charge is 0.321 e. The Labute approximate surface area is 75.9 Å². The molecule has 0 fully saturated rings. The molecule has 68 valence electrons. The van der Waals surface area contributed by atoms with E-state index in [0.29, 0.717) is 6.41 Å². The number of rotatable bonds is 3. The monoisotopic (exact) mass is 178 g/mol. The van der Waals surface area contributed by atoms with Crippen molar-refractivity contribution in [2.75, 3.05) is 0 Å². The van der Waals surface area contributed by atoms with E-state index in [2.05, 4.69) is 0 Å². The average Bonchev–Trinajstić information content (AvgIpc) is 2.15. The second-order valence-electron chi connectivity index (χ2n) is 2.56. The molecule has 0 heterocycles.